The number of hydrogen-bond acceptors (Lipinski definition) is 13. The second-order valence-electron chi connectivity index (χ2n) is 19.4. The summed E-state index contributed by atoms with van der Waals surface area (Å²) in [6.45, 7) is 0.904. The third kappa shape index (κ3) is 21.7. The molecule has 6 amide bonds. The third-order valence-corrected chi connectivity index (χ3v) is 13.1. The highest BCUT2D eigenvalue weighted by molar-refractivity contribution is 5.98. The van der Waals surface area contributed by atoms with E-state index in [4.69, 9.17) is 51.6 Å². The Morgan fingerprint density at radius 3 is 1.15 bits per heavy atom. The van der Waals surface area contributed by atoms with E-state index in [0.717, 1.165) is 21.8 Å². The van der Waals surface area contributed by atoms with Crippen LogP contribution in [0.25, 0.3) is 21.8 Å². The van der Waals surface area contributed by atoms with Crippen molar-refractivity contribution in [3.63, 3.8) is 0 Å². The minimum Gasteiger partial charge on any atom is -0.480 e. The number of carboxylic acids is 1. The van der Waals surface area contributed by atoms with Crippen LogP contribution in [-0.2, 0) is 46.4 Å². The van der Waals surface area contributed by atoms with Gasteiger partial charge in [0.2, 0.25) is 35.4 Å². The van der Waals surface area contributed by atoms with Crippen molar-refractivity contribution in [2.75, 3.05) is 32.7 Å². The standard InChI is InChI=1S/C52H82N20O8/c53-21-7-5-17-37(44(74)68-39(20-11-25-64-52(60)61)46(76)72-42(27-31-29-66-36-16-4-2-13-33(31)36)48(78)70-40(49(79)80)18-6-8-22-54)67-45(75)38(19-10-24-63-51(58)59)69-47(77)41(26-30-28-65-35-15-3-1-12-32(30)35)71-43(73)34(55)14-9-23-62-50(56)57/h1-4,12-13,15-16,28-29,34,37-42,65-66H,5-11,14,17-27,53-55H2,(H,67,75)(H,68,74)(H,69,77)(H,70,78)(H,71,73)(H,72,76)(H,79,80)(H4,56,57,62)(H4,58,59,63)(H4,60,61,64)/t34-,37-,38-,39-,40-,41-,42-/m0/s1. The van der Waals surface area contributed by atoms with Crippen molar-refractivity contribution >= 4 is 81.1 Å². The third-order valence-electron chi connectivity index (χ3n) is 13.1. The number of nitrogens with two attached hydrogens (primary N) is 9. The summed E-state index contributed by atoms with van der Waals surface area (Å²) in [5.74, 6) is -6.41. The monoisotopic (exact) mass is 1110 g/mol. The molecule has 2 heterocycles. The summed E-state index contributed by atoms with van der Waals surface area (Å²) in [5.41, 5.74) is 53.9. The number of aliphatic carboxylic acids is 1. The van der Waals surface area contributed by atoms with Crippen LogP contribution in [0.2, 0.25) is 0 Å². The van der Waals surface area contributed by atoms with Gasteiger partial charge in [-0.1, -0.05) is 36.4 Å². The highest BCUT2D eigenvalue weighted by Crippen LogP contribution is 2.21. The van der Waals surface area contributed by atoms with Gasteiger partial charge in [0.05, 0.1) is 6.04 Å². The fourth-order valence-electron chi connectivity index (χ4n) is 8.81. The zero-order chi connectivity index (χ0) is 58.6. The van der Waals surface area contributed by atoms with E-state index in [1.165, 1.54) is 0 Å². The Labute approximate surface area is 463 Å². The Morgan fingerprint density at radius 2 is 0.762 bits per heavy atom. The number of carbonyl (C=O) groups is 7. The van der Waals surface area contributed by atoms with E-state index in [1.54, 1.807) is 12.4 Å². The lowest BCUT2D eigenvalue weighted by molar-refractivity contribution is -0.142. The number of aromatic nitrogens is 2. The molecule has 2 aromatic carbocycles. The van der Waals surface area contributed by atoms with Crippen molar-refractivity contribution in [3.05, 3.63) is 72.1 Å². The molecule has 7 atom stereocenters. The minimum absolute atomic E-state index is 0.0262. The predicted molar refractivity (Wildman–Crippen MR) is 307 cm³/mol. The molecule has 27 N–H and O–H groups in total. The lowest BCUT2D eigenvalue weighted by atomic mass is 10.0. The highest BCUT2D eigenvalue weighted by Gasteiger charge is 2.34. The first-order valence-electron chi connectivity index (χ1n) is 26.8. The zero-order valence-corrected chi connectivity index (χ0v) is 45.1. The van der Waals surface area contributed by atoms with E-state index in [2.05, 4.69) is 56.8 Å². The van der Waals surface area contributed by atoms with Crippen LogP contribution < -0.4 is 83.5 Å². The first-order valence-corrected chi connectivity index (χ1v) is 26.8. The van der Waals surface area contributed by atoms with E-state index >= 15 is 0 Å². The molecule has 0 aliphatic heterocycles. The molecule has 0 fully saturated rings. The van der Waals surface area contributed by atoms with E-state index in [9.17, 15) is 38.7 Å². The molecule has 0 aliphatic carbocycles. The molecule has 0 saturated heterocycles. The molecule has 0 saturated carbocycles. The largest absolute Gasteiger partial charge is 0.480 e. The van der Waals surface area contributed by atoms with Crippen LogP contribution in [0.1, 0.15) is 88.2 Å². The number of nitrogens with one attached hydrogen (secondary N) is 8. The number of fused-ring (bicyclic) bond motifs is 2. The molecular formula is C52H82N20O8. The first kappa shape index (κ1) is 64.0. The van der Waals surface area contributed by atoms with Gasteiger partial charge in [-0.2, -0.15) is 0 Å². The van der Waals surface area contributed by atoms with Crippen molar-refractivity contribution < 1.29 is 38.7 Å². The molecular weight excluding hydrogens is 1030 g/mol. The van der Waals surface area contributed by atoms with E-state index in [0.29, 0.717) is 49.8 Å². The van der Waals surface area contributed by atoms with Gasteiger partial charge >= 0.3 is 5.97 Å². The molecule has 0 bridgehead atoms. The summed E-state index contributed by atoms with van der Waals surface area (Å²) in [7, 11) is 0. The van der Waals surface area contributed by atoms with Crippen LogP contribution in [0.4, 0.5) is 0 Å². The number of benzene rings is 2. The van der Waals surface area contributed by atoms with Crippen LogP contribution in [-0.4, -0.2) is 149 Å². The van der Waals surface area contributed by atoms with Gasteiger partial charge in [0, 0.05) is 66.7 Å². The van der Waals surface area contributed by atoms with E-state index in [1.807, 2.05) is 48.5 Å². The van der Waals surface area contributed by atoms with Gasteiger partial charge < -0.3 is 98.6 Å². The molecule has 0 unspecified atom stereocenters. The Morgan fingerprint density at radius 1 is 0.438 bits per heavy atom. The lowest BCUT2D eigenvalue weighted by Gasteiger charge is -2.28. The second-order valence-corrected chi connectivity index (χ2v) is 19.4. The summed E-state index contributed by atoms with van der Waals surface area (Å²) in [6, 6.07) is 5.64. The number of aromatic amines is 2. The maximum Gasteiger partial charge on any atom is 0.326 e. The molecule has 28 heteroatoms. The number of amides is 6. The fourth-order valence-corrected chi connectivity index (χ4v) is 8.81. The zero-order valence-electron chi connectivity index (χ0n) is 45.1. The predicted octanol–water partition coefficient (Wildman–Crippen LogP) is -2.83. The summed E-state index contributed by atoms with van der Waals surface area (Å²) < 4.78 is 0. The van der Waals surface area contributed by atoms with E-state index < -0.39 is 83.7 Å². The lowest BCUT2D eigenvalue weighted by Crippen LogP contribution is -2.60. The number of hydrogen-bond donors (Lipinski definition) is 18. The molecule has 2 aromatic heterocycles. The van der Waals surface area contributed by atoms with Crippen LogP contribution in [0.3, 0.4) is 0 Å². The molecule has 80 heavy (non-hydrogen) atoms. The Balaban J connectivity index is 1.66. The quantitative estimate of drug-likeness (QED) is 0.0123. The van der Waals surface area contributed by atoms with Crippen molar-refractivity contribution in [3.8, 4) is 0 Å². The number of nitrogens with zero attached hydrogens (tertiary/aromatic N) is 3. The van der Waals surface area contributed by atoms with Gasteiger partial charge in [-0.15, -0.1) is 0 Å². The number of H-pyrrole nitrogens is 2. The molecule has 4 aromatic rings. The maximum atomic E-state index is 14.6. The second kappa shape index (κ2) is 33.7. The van der Waals surface area contributed by atoms with Crippen molar-refractivity contribution in [1.82, 2.24) is 41.9 Å². The minimum atomic E-state index is -1.37. The van der Waals surface area contributed by atoms with Gasteiger partial charge in [0.25, 0.3) is 0 Å². The first-order chi connectivity index (χ1) is 38.3. The number of rotatable bonds is 37. The Hall–Kier alpha value is -8.50. The summed E-state index contributed by atoms with van der Waals surface area (Å²) >= 11 is 0. The topological polar surface area (TPSA) is 515 Å². The fraction of sp³-hybridized carbons (Fsp3) is 0.500. The molecule has 0 spiro atoms. The van der Waals surface area contributed by atoms with E-state index in [-0.39, 0.29) is 102 Å². The number of guanidine groups is 3. The molecule has 438 valence electrons. The molecule has 28 nitrogen and oxygen atoms in total. The normalized spacial score (nSPS) is 13.7. The van der Waals surface area contributed by atoms with Crippen molar-refractivity contribution in [2.24, 2.45) is 66.6 Å². The Bertz CT molecular complexity index is 2750. The number of unbranched alkanes of at least 4 members (excludes halogenated alkanes) is 2. The van der Waals surface area contributed by atoms with Crippen LogP contribution in [0.15, 0.2) is 75.9 Å². The maximum absolute atomic E-state index is 14.6. The van der Waals surface area contributed by atoms with Gasteiger partial charge in [0.15, 0.2) is 17.9 Å². The molecule has 0 aliphatic rings. The summed E-state index contributed by atoms with van der Waals surface area (Å²) in [6.07, 6.45) is 5.86. The van der Waals surface area contributed by atoms with Crippen LogP contribution in [0.5, 0.6) is 0 Å². The number of carbonyl (C=O) groups excluding carboxylic acids is 6. The van der Waals surface area contributed by atoms with Gasteiger partial charge in [-0.05, 0) is 113 Å². The van der Waals surface area contributed by atoms with Gasteiger partial charge in [-0.3, -0.25) is 43.7 Å². The molecule has 0 radical (unpaired) electrons. The van der Waals surface area contributed by atoms with Crippen molar-refractivity contribution in [1.29, 1.82) is 0 Å². The smallest absolute Gasteiger partial charge is 0.326 e. The Kier molecular flexibility index (Phi) is 27.0. The summed E-state index contributed by atoms with van der Waals surface area (Å²) in [5, 5.41) is 28.0. The van der Waals surface area contributed by atoms with Gasteiger partial charge in [0.1, 0.15) is 36.3 Å². The van der Waals surface area contributed by atoms with Gasteiger partial charge in [-0.25, -0.2) is 4.79 Å². The average Bonchev–Trinajstić information content (AvgIpc) is 4.05. The average molecular weight is 1120 g/mol. The SMILES string of the molecule is NCCCC[C@H](NC(=O)[C@H](Cc1c[nH]c2ccccc12)NC(=O)[C@H](CCCN=C(N)N)NC(=O)[C@H](CCCCN)NC(=O)[C@H](CCCN=C(N)N)NC(=O)[C@H](Cc1c[nH]c2ccccc12)NC(=O)[C@@H](N)CCCN=C(N)N)C(=O)O. The van der Waals surface area contributed by atoms with Crippen LogP contribution >= 0.6 is 0 Å². The number of carboxylic acid groups (broad SMARTS) is 1. The number of para-hydroxylation sites is 2. The van der Waals surface area contributed by atoms with Crippen molar-refractivity contribution in [2.45, 2.75) is 132 Å². The highest BCUT2D eigenvalue weighted by atomic mass is 16.4. The molecule has 4 rings (SSSR count). The number of aliphatic imine (C=N–C) groups is 3. The van der Waals surface area contributed by atoms with Crippen LogP contribution in [0, 0.1) is 0 Å². The summed E-state index contributed by atoms with van der Waals surface area (Å²) in [4.78, 5) is 117.